The van der Waals surface area contributed by atoms with Crippen molar-refractivity contribution < 1.29 is 29.3 Å². The minimum atomic E-state index is -2.29. The number of hydrogen-bond acceptors (Lipinski definition) is 3. The van der Waals surface area contributed by atoms with Crippen LogP contribution < -0.4 is 0 Å². The summed E-state index contributed by atoms with van der Waals surface area (Å²) in [5.41, 5.74) is -2.29. The number of carboxylic acid groups (broad SMARTS) is 2. The second-order valence-corrected chi connectivity index (χ2v) is 3.16. The van der Waals surface area contributed by atoms with Crippen LogP contribution in [0.4, 0.5) is 4.39 Å². The summed E-state index contributed by atoms with van der Waals surface area (Å²) >= 11 is 0. The van der Waals surface area contributed by atoms with Crippen molar-refractivity contribution in [3.05, 3.63) is 0 Å². The highest BCUT2D eigenvalue weighted by atomic mass is 19.1. The van der Waals surface area contributed by atoms with Gasteiger partial charge in [-0.3, -0.25) is 4.79 Å². The lowest BCUT2D eigenvalue weighted by atomic mass is 9.88. The lowest BCUT2D eigenvalue weighted by Gasteiger charge is -2.24. The number of aliphatic hydroxyl groups is 1. The molecule has 0 amide bonds. The van der Waals surface area contributed by atoms with Gasteiger partial charge in [-0.15, -0.1) is 0 Å². The minimum Gasteiger partial charge on any atom is -0.481 e. The van der Waals surface area contributed by atoms with Crippen LogP contribution in [0, 0.1) is 5.92 Å². The Kier molecular flexibility index (Phi) is 3.36. The van der Waals surface area contributed by atoms with E-state index < -0.39 is 29.6 Å². The molecule has 0 bridgehead atoms. The van der Waals surface area contributed by atoms with Gasteiger partial charge in [0.05, 0.1) is 0 Å². The van der Waals surface area contributed by atoms with Gasteiger partial charge in [-0.05, 0) is 13.8 Å². The van der Waals surface area contributed by atoms with Crippen molar-refractivity contribution in [2.24, 2.45) is 5.92 Å². The Morgan fingerprint density at radius 1 is 1.23 bits per heavy atom. The molecule has 0 radical (unpaired) electrons. The zero-order valence-corrected chi connectivity index (χ0v) is 7.19. The van der Waals surface area contributed by atoms with Gasteiger partial charge < -0.3 is 15.3 Å². The Bertz CT molecular complexity index is 219. The molecule has 2 atom stereocenters. The Morgan fingerprint density at radius 3 is 1.69 bits per heavy atom. The van der Waals surface area contributed by atoms with Gasteiger partial charge in [0.2, 0.25) is 0 Å². The highest BCUT2D eigenvalue weighted by Gasteiger charge is 2.44. The molecule has 0 heterocycles. The van der Waals surface area contributed by atoms with E-state index in [2.05, 4.69) is 0 Å². The minimum absolute atomic E-state index is 0.901. The van der Waals surface area contributed by atoms with E-state index in [0.29, 0.717) is 0 Å². The van der Waals surface area contributed by atoms with E-state index >= 15 is 0 Å². The molecule has 0 aromatic carbocycles. The molecule has 0 aromatic rings. The highest BCUT2D eigenvalue weighted by Crippen LogP contribution is 2.25. The Balaban J connectivity index is 4.83. The fraction of sp³-hybridized carbons (Fsp3) is 0.714. The number of halogens is 1. The largest absolute Gasteiger partial charge is 0.481 e. The molecule has 0 unspecified atom stereocenters. The van der Waals surface area contributed by atoms with Gasteiger partial charge in [0.25, 0.3) is 0 Å². The van der Waals surface area contributed by atoms with Crippen LogP contribution in [0.3, 0.4) is 0 Å². The van der Waals surface area contributed by atoms with Gasteiger partial charge in [-0.1, -0.05) is 0 Å². The van der Waals surface area contributed by atoms with Crippen LogP contribution in [0.2, 0.25) is 0 Å². The van der Waals surface area contributed by atoms with Crippen LogP contribution >= 0.6 is 0 Å². The quantitative estimate of drug-likeness (QED) is 0.580. The highest BCUT2D eigenvalue weighted by molar-refractivity contribution is 5.82. The lowest BCUT2D eigenvalue weighted by molar-refractivity contribution is -0.166. The van der Waals surface area contributed by atoms with Crippen LogP contribution in [-0.4, -0.2) is 39.0 Å². The predicted octanol–water partition coefficient (Wildman–Crippen LogP) is -0.119. The van der Waals surface area contributed by atoms with Crippen molar-refractivity contribution in [1.29, 1.82) is 0 Å². The maximum Gasteiger partial charge on any atom is 0.333 e. The van der Waals surface area contributed by atoms with Gasteiger partial charge in [0, 0.05) is 0 Å². The first kappa shape index (κ1) is 11.8. The first-order valence-corrected chi connectivity index (χ1v) is 3.50. The van der Waals surface area contributed by atoms with Gasteiger partial charge >= 0.3 is 11.9 Å². The number of carboxylic acids is 2. The van der Waals surface area contributed by atoms with E-state index in [1.807, 2.05) is 0 Å². The molecule has 0 saturated heterocycles. The molecule has 0 saturated carbocycles. The number of aliphatic carboxylic acids is 2. The number of rotatable bonds is 4. The summed E-state index contributed by atoms with van der Waals surface area (Å²) in [6.45, 7) is 1.80. The van der Waals surface area contributed by atoms with Crippen LogP contribution in [0.25, 0.3) is 0 Å². The number of aliphatic hydroxyl groups excluding tert-OH is 1. The average molecular weight is 194 g/mol. The first-order chi connectivity index (χ1) is 5.68. The molecule has 3 N–H and O–H groups in total. The number of hydrogen-bond donors (Lipinski definition) is 3. The Labute approximate surface area is 73.8 Å². The van der Waals surface area contributed by atoms with Gasteiger partial charge in [0.15, 0.2) is 6.10 Å². The zero-order valence-electron chi connectivity index (χ0n) is 7.19. The van der Waals surface area contributed by atoms with Gasteiger partial charge in [-0.25, -0.2) is 9.18 Å². The predicted molar refractivity (Wildman–Crippen MR) is 40.0 cm³/mol. The molecule has 0 fully saturated rings. The molecule has 0 aliphatic carbocycles. The molecule has 0 aliphatic heterocycles. The van der Waals surface area contributed by atoms with Crippen LogP contribution in [0.1, 0.15) is 13.8 Å². The fourth-order valence-electron chi connectivity index (χ4n) is 0.947. The van der Waals surface area contributed by atoms with E-state index in [9.17, 15) is 14.0 Å². The van der Waals surface area contributed by atoms with Gasteiger partial charge in [-0.2, -0.15) is 0 Å². The standard InChI is InChI=1S/C7H11FO5/c1-7(2,8)3(5(10)11)4(9)6(12)13/h3-4,9H,1-2H3,(H,10,11)(H,12,13)/t3-,4+/m0/s1. The molecular weight excluding hydrogens is 183 g/mol. The number of alkyl halides is 1. The van der Waals surface area contributed by atoms with E-state index in [1.54, 1.807) is 0 Å². The summed E-state index contributed by atoms with van der Waals surface area (Å²) in [4.78, 5) is 20.6. The summed E-state index contributed by atoms with van der Waals surface area (Å²) in [6, 6.07) is 0. The molecule has 0 spiro atoms. The summed E-state index contributed by atoms with van der Waals surface area (Å²) in [6.07, 6.45) is -2.24. The molecule has 6 heteroatoms. The van der Waals surface area contributed by atoms with Gasteiger partial charge in [0.1, 0.15) is 11.6 Å². The monoisotopic (exact) mass is 194 g/mol. The fourth-order valence-corrected chi connectivity index (χ4v) is 0.947. The smallest absolute Gasteiger partial charge is 0.333 e. The first-order valence-electron chi connectivity index (χ1n) is 3.50. The number of carbonyl (C=O) groups is 2. The third-order valence-electron chi connectivity index (χ3n) is 1.57. The van der Waals surface area contributed by atoms with E-state index in [0.717, 1.165) is 13.8 Å². The van der Waals surface area contributed by atoms with E-state index in [-0.39, 0.29) is 0 Å². The van der Waals surface area contributed by atoms with Crippen molar-refractivity contribution in [3.63, 3.8) is 0 Å². The summed E-state index contributed by atoms with van der Waals surface area (Å²) in [5.74, 6) is -5.40. The second-order valence-electron chi connectivity index (χ2n) is 3.16. The molecule has 76 valence electrons. The Morgan fingerprint density at radius 2 is 1.62 bits per heavy atom. The average Bonchev–Trinajstić information content (AvgIpc) is 1.82. The zero-order chi connectivity index (χ0) is 10.8. The van der Waals surface area contributed by atoms with Crippen LogP contribution in [-0.2, 0) is 9.59 Å². The molecule has 5 nitrogen and oxygen atoms in total. The topological polar surface area (TPSA) is 94.8 Å². The summed E-state index contributed by atoms with van der Waals surface area (Å²) in [5, 5.41) is 25.6. The third kappa shape index (κ3) is 2.98. The molecule has 0 rings (SSSR count). The van der Waals surface area contributed by atoms with E-state index in [1.165, 1.54) is 0 Å². The normalized spacial score (nSPS) is 16.3. The van der Waals surface area contributed by atoms with Crippen molar-refractivity contribution in [1.82, 2.24) is 0 Å². The van der Waals surface area contributed by atoms with Crippen molar-refractivity contribution in [2.45, 2.75) is 25.6 Å². The molecule has 0 aliphatic rings. The lowest BCUT2D eigenvalue weighted by Crippen LogP contribution is -2.45. The Hall–Kier alpha value is -1.17. The summed E-state index contributed by atoms with van der Waals surface area (Å²) in [7, 11) is 0. The second kappa shape index (κ2) is 3.69. The molecule has 0 aromatic heterocycles. The third-order valence-corrected chi connectivity index (χ3v) is 1.57. The van der Waals surface area contributed by atoms with Crippen molar-refractivity contribution >= 4 is 11.9 Å². The van der Waals surface area contributed by atoms with Crippen LogP contribution in [0.5, 0.6) is 0 Å². The maximum atomic E-state index is 13.1. The maximum absolute atomic E-state index is 13.1. The van der Waals surface area contributed by atoms with Crippen molar-refractivity contribution in [2.75, 3.05) is 0 Å². The SMILES string of the molecule is CC(C)(F)[C@H](C(=O)O)[C@@H](O)C(=O)O. The van der Waals surface area contributed by atoms with E-state index in [4.69, 9.17) is 15.3 Å². The molecule has 13 heavy (non-hydrogen) atoms. The van der Waals surface area contributed by atoms with Crippen molar-refractivity contribution in [3.8, 4) is 0 Å². The molecular formula is C7H11FO5. The summed E-state index contributed by atoms with van der Waals surface area (Å²) < 4.78 is 13.1. The van der Waals surface area contributed by atoms with Crippen LogP contribution in [0.15, 0.2) is 0 Å².